The van der Waals surface area contributed by atoms with E-state index in [4.69, 9.17) is 9.15 Å². The number of benzene rings is 1. The molecule has 0 radical (unpaired) electrons. The Morgan fingerprint density at radius 3 is 2.77 bits per heavy atom. The van der Waals surface area contributed by atoms with Gasteiger partial charge in [-0.1, -0.05) is 12.7 Å². The Labute approximate surface area is 128 Å². The summed E-state index contributed by atoms with van der Waals surface area (Å²) in [6.45, 7) is 6.12. The van der Waals surface area contributed by atoms with Crippen molar-refractivity contribution >= 4 is 22.6 Å². The summed E-state index contributed by atoms with van der Waals surface area (Å²) in [5.74, 6) is 1.63. The van der Waals surface area contributed by atoms with Crippen LogP contribution in [-0.4, -0.2) is 23.6 Å². The van der Waals surface area contributed by atoms with Crippen LogP contribution in [0, 0.1) is 6.92 Å². The van der Waals surface area contributed by atoms with Gasteiger partial charge in [0.2, 0.25) is 5.71 Å². The lowest BCUT2D eigenvalue weighted by Gasteiger charge is -2.19. The standard InChI is InChI=1S/C17H17N3O2/c1-4-9-21-14-7-5-13(6-8-14)20(3)16-15-12(2)10-22-17(15)19-11-18-16/h4-8,10-11H,1,9H2,2-3H3. The van der Waals surface area contributed by atoms with Crippen molar-refractivity contribution in [2.75, 3.05) is 18.6 Å². The minimum atomic E-state index is 0.496. The van der Waals surface area contributed by atoms with E-state index in [1.54, 1.807) is 12.3 Å². The Morgan fingerprint density at radius 2 is 2.05 bits per heavy atom. The first-order valence-corrected chi connectivity index (χ1v) is 6.97. The second-order valence-corrected chi connectivity index (χ2v) is 4.95. The van der Waals surface area contributed by atoms with Gasteiger partial charge in [-0.3, -0.25) is 0 Å². The van der Waals surface area contributed by atoms with Crippen LogP contribution in [0.1, 0.15) is 5.56 Å². The predicted molar refractivity (Wildman–Crippen MR) is 86.7 cm³/mol. The van der Waals surface area contributed by atoms with Gasteiger partial charge in [0, 0.05) is 18.3 Å². The predicted octanol–water partition coefficient (Wildman–Crippen LogP) is 3.86. The first-order valence-electron chi connectivity index (χ1n) is 6.97. The van der Waals surface area contributed by atoms with Crippen LogP contribution in [0.15, 0.2) is 53.9 Å². The Hall–Kier alpha value is -2.82. The summed E-state index contributed by atoms with van der Waals surface area (Å²) in [6.07, 6.45) is 4.93. The van der Waals surface area contributed by atoms with Gasteiger partial charge in [-0.05, 0) is 31.2 Å². The zero-order valence-corrected chi connectivity index (χ0v) is 12.6. The highest BCUT2D eigenvalue weighted by molar-refractivity contribution is 5.91. The van der Waals surface area contributed by atoms with Crippen molar-refractivity contribution in [3.8, 4) is 5.75 Å². The molecule has 2 aromatic heterocycles. The van der Waals surface area contributed by atoms with Crippen molar-refractivity contribution in [3.63, 3.8) is 0 Å². The van der Waals surface area contributed by atoms with E-state index in [-0.39, 0.29) is 0 Å². The van der Waals surface area contributed by atoms with E-state index in [0.29, 0.717) is 12.3 Å². The molecule has 3 aromatic rings. The fraction of sp³-hybridized carbons (Fsp3) is 0.176. The molecular formula is C17H17N3O2. The highest BCUT2D eigenvalue weighted by Crippen LogP contribution is 2.31. The molecule has 0 bridgehead atoms. The number of hydrogen-bond donors (Lipinski definition) is 0. The second kappa shape index (κ2) is 5.89. The topological polar surface area (TPSA) is 51.4 Å². The normalized spacial score (nSPS) is 10.6. The van der Waals surface area contributed by atoms with Gasteiger partial charge in [0.15, 0.2) is 0 Å². The maximum atomic E-state index is 5.50. The summed E-state index contributed by atoms with van der Waals surface area (Å²) >= 11 is 0. The van der Waals surface area contributed by atoms with E-state index < -0.39 is 0 Å². The van der Waals surface area contributed by atoms with E-state index in [2.05, 4.69) is 16.5 Å². The summed E-state index contributed by atoms with van der Waals surface area (Å²) in [5, 5.41) is 0.928. The number of fused-ring (bicyclic) bond motifs is 1. The number of aryl methyl sites for hydroxylation is 1. The molecule has 0 saturated carbocycles. The number of rotatable bonds is 5. The summed E-state index contributed by atoms with van der Waals surface area (Å²) in [5.41, 5.74) is 2.62. The Bertz CT molecular complexity index is 793. The molecule has 1 aromatic carbocycles. The van der Waals surface area contributed by atoms with Crippen molar-refractivity contribution in [2.24, 2.45) is 0 Å². The molecule has 0 unspecified atom stereocenters. The van der Waals surface area contributed by atoms with E-state index in [9.17, 15) is 0 Å². The third-order valence-corrected chi connectivity index (χ3v) is 3.44. The van der Waals surface area contributed by atoms with Gasteiger partial charge in [-0.25, -0.2) is 9.97 Å². The summed E-state index contributed by atoms with van der Waals surface area (Å²) in [7, 11) is 1.97. The van der Waals surface area contributed by atoms with Gasteiger partial charge in [-0.15, -0.1) is 0 Å². The maximum Gasteiger partial charge on any atom is 0.231 e. The Morgan fingerprint density at radius 1 is 1.27 bits per heavy atom. The largest absolute Gasteiger partial charge is 0.490 e. The van der Waals surface area contributed by atoms with Crippen molar-refractivity contribution in [1.82, 2.24) is 9.97 Å². The van der Waals surface area contributed by atoms with Crippen molar-refractivity contribution in [2.45, 2.75) is 6.92 Å². The van der Waals surface area contributed by atoms with Gasteiger partial charge >= 0.3 is 0 Å². The van der Waals surface area contributed by atoms with E-state index in [0.717, 1.165) is 28.2 Å². The van der Waals surface area contributed by atoms with Gasteiger partial charge in [0.1, 0.15) is 24.5 Å². The molecule has 0 aliphatic heterocycles. The smallest absolute Gasteiger partial charge is 0.231 e. The molecular weight excluding hydrogens is 278 g/mol. The van der Waals surface area contributed by atoms with Crippen molar-refractivity contribution in [3.05, 3.63) is 55.1 Å². The van der Waals surface area contributed by atoms with Gasteiger partial charge < -0.3 is 14.1 Å². The quantitative estimate of drug-likeness (QED) is 0.669. The Kier molecular flexibility index (Phi) is 3.78. The van der Waals surface area contributed by atoms with Gasteiger partial charge in [0.25, 0.3) is 0 Å². The minimum Gasteiger partial charge on any atom is -0.490 e. The van der Waals surface area contributed by atoms with E-state index in [1.807, 2.05) is 43.1 Å². The zero-order chi connectivity index (χ0) is 15.5. The average molecular weight is 295 g/mol. The minimum absolute atomic E-state index is 0.496. The van der Waals surface area contributed by atoms with Crippen molar-refractivity contribution < 1.29 is 9.15 Å². The first kappa shape index (κ1) is 14.1. The number of aromatic nitrogens is 2. The number of ether oxygens (including phenoxy) is 1. The molecule has 0 aliphatic rings. The van der Waals surface area contributed by atoms with Gasteiger partial charge in [0.05, 0.1) is 11.6 Å². The van der Waals surface area contributed by atoms with Crippen LogP contribution in [0.3, 0.4) is 0 Å². The van der Waals surface area contributed by atoms with Crippen LogP contribution in [0.5, 0.6) is 5.75 Å². The lowest BCUT2D eigenvalue weighted by Crippen LogP contribution is -2.11. The molecule has 0 atom stereocenters. The first-order chi connectivity index (χ1) is 10.7. The molecule has 0 saturated heterocycles. The second-order valence-electron chi connectivity index (χ2n) is 4.95. The molecule has 22 heavy (non-hydrogen) atoms. The van der Waals surface area contributed by atoms with Crippen LogP contribution in [0.2, 0.25) is 0 Å². The zero-order valence-electron chi connectivity index (χ0n) is 12.6. The number of anilines is 2. The lowest BCUT2D eigenvalue weighted by atomic mass is 10.2. The molecule has 0 N–H and O–H groups in total. The molecule has 0 fully saturated rings. The lowest BCUT2D eigenvalue weighted by molar-refractivity contribution is 0.363. The van der Waals surface area contributed by atoms with Crippen LogP contribution in [0.25, 0.3) is 11.1 Å². The molecule has 5 heteroatoms. The third kappa shape index (κ3) is 2.53. The summed E-state index contributed by atoms with van der Waals surface area (Å²) in [6, 6.07) is 7.83. The van der Waals surface area contributed by atoms with Gasteiger partial charge in [-0.2, -0.15) is 0 Å². The maximum absolute atomic E-state index is 5.50. The average Bonchev–Trinajstić information content (AvgIpc) is 2.94. The SMILES string of the molecule is C=CCOc1ccc(N(C)c2ncnc3occ(C)c23)cc1. The van der Waals surface area contributed by atoms with Crippen LogP contribution >= 0.6 is 0 Å². The highest BCUT2D eigenvalue weighted by atomic mass is 16.5. The van der Waals surface area contributed by atoms with Crippen LogP contribution in [-0.2, 0) is 0 Å². The fourth-order valence-corrected chi connectivity index (χ4v) is 2.30. The molecule has 112 valence electrons. The molecule has 2 heterocycles. The highest BCUT2D eigenvalue weighted by Gasteiger charge is 2.14. The molecule has 0 amide bonds. The Balaban J connectivity index is 1.93. The third-order valence-electron chi connectivity index (χ3n) is 3.44. The number of nitrogens with zero attached hydrogens (tertiary/aromatic N) is 3. The van der Waals surface area contributed by atoms with Crippen LogP contribution < -0.4 is 9.64 Å². The summed E-state index contributed by atoms with van der Waals surface area (Å²) in [4.78, 5) is 10.6. The molecule has 3 rings (SSSR count). The summed E-state index contributed by atoms with van der Waals surface area (Å²) < 4.78 is 10.9. The fourth-order valence-electron chi connectivity index (χ4n) is 2.30. The molecule has 0 aliphatic carbocycles. The molecule has 0 spiro atoms. The van der Waals surface area contributed by atoms with E-state index >= 15 is 0 Å². The van der Waals surface area contributed by atoms with E-state index in [1.165, 1.54) is 6.33 Å². The van der Waals surface area contributed by atoms with Crippen LogP contribution in [0.4, 0.5) is 11.5 Å². The number of furan rings is 1. The monoisotopic (exact) mass is 295 g/mol. The van der Waals surface area contributed by atoms with Crippen molar-refractivity contribution in [1.29, 1.82) is 0 Å². The number of hydrogen-bond acceptors (Lipinski definition) is 5. The molecule has 5 nitrogen and oxygen atoms in total.